The summed E-state index contributed by atoms with van der Waals surface area (Å²) in [5, 5.41) is 0. The van der Waals surface area contributed by atoms with Crippen LogP contribution >= 0.6 is 0 Å². The zero-order valence-corrected chi connectivity index (χ0v) is 8.71. The van der Waals surface area contributed by atoms with Gasteiger partial charge in [-0.1, -0.05) is 39.5 Å². The summed E-state index contributed by atoms with van der Waals surface area (Å²) in [6.07, 6.45) is 6.83. The maximum Gasteiger partial charge on any atom is 0.198 e. The Morgan fingerprint density at radius 2 is 1.92 bits per heavy atom. The first-order valence-corrected chi connectivity index (χ1v) is 5.25. The van der Waals surface area contributed by atoms with Crippen molar-refractivity contribution < 1.29 is 9.59 Å². The van der Waals surface area contributed by atoms with Crippen molar-refractivity contribution in [2.45, 2.75) is 52.4 Å². The van der Waals surface area contributed by atoms with Crippen LogP contribution in [0.5, 0.6) is 0 Å². The Balaban J connectivity index is 3.59. The highest BCUT2D eigenvalue weighted by molar-refractivity contribution is 6.25. The van der Waals surface area contributed by atoms with E-state index in [1.54, 1.807) is 0 Å². The van der Waals surface area contributed by atoms with Crippen LogP contribution in [-0.2, 0) is 9.59 Å². The second-order valence-corrected chi connectivity index (χ2v) is 3.47. The van der Waals surface area contributed by atoms with Crippen molar-refractivity contribution >= 4 is 12.1 Å². The largest absolute Gasteiger partial charge is 0.295 e. The second kappa shape index (κ2) is 7.96. The molecule has 1 unspecified atom stereocenters. The number of hydrogen-bond acceptors (Lipinski definition) is 2. The standard InChI is InChI=1S/C11H20O2/c1-3-5-6-7-8-10(4-2)11(13)9-12/h9-10H,3-8H2,1-2H3. The molecular weight excluding hydrogens is 164 g/mol. The van der Waals surface area contributed by atoms with Crippen LogP contribution in [0.1, 0.15) is 52.4 Å². The van der Waals surface area contributed by atoms with Crippen LogP contribution in [0, 0.1) is 5.92 Å². The summed E-state index contributed by atoms with van der Waals surface area (Å²) in [7, 11) is 0. The smallest absolute Gasteiger partial charge is 0.198 e. The summed E-state index contributed by atoms with van der Waals surface area (Å²) in [5.41, 5.74) is 0. The molecule has 0 aromatic heterocycles. The summed E-state index contributed by atoms with van der Waals surface area (Å²) in [5.74, 6) is -0.242. The third-order valence-electron chi connectivity index (χ3n) is 2.42. The average molecular weight is 184 g/mol. The van der Waals surface area contributed by atoms with Gasteiger partial charge in [-0.15, -0.1) is 0 Å². The van der Waals surface area contributed by atoms with Gasteiger partial charge in [0.1, 0.15) is 0 Å². The average Bonchev–Trinajstić information content (AvgIpc) is 2.17. The van der Waals surface area contributed by atoms with Gasteiger partial charge < -0.3 is 0 Å². The zero-order chi connectivity index (χ0) is 10.1. The van der Waals surface area contributed by atoms with Gasteiger partial charge in [-0.2, -0.15) is 0 Å². The molecule has 0 aromatic rings. The van der Waals surface area contributed by atoms with E-state index in [0.29, 0.717) is 6.29 Å². The first-order chi connectivity index (χ1) is 6.26. The minimum atomic E-state index is -0.223. The predicted molar refractivity (Wildman–Crippen MR) is 53.6 cm³/mol. The van der Waals surface area contributed by atoms with E-state index in [-0.39, 0.29) is 11.7 Å². The molecule has 2 heteroatoms. The number of carbonyl (C=O) groups is 2. The minimum absolute atomic E-state index is 0.0191. The fraction of sp³-hybridized carbons (Fsp3) is 0.818. The number of unbranched alkanes of at least 4 members (excludes halogenated alkanes) is 3. The van der Waals surface area contributed by atoms with Crippen molar-refractivity contribution in [2.75, 3.05) is 0 Å². The molecule has 1 atom stereocenters. The van der Waals surface area contributed by atoms with E-state index in [1.807, 2.05) is 6.92 Å². The van der Waals surface area contributed by atoms with E-state index in [1.165, 1.54) is 19.3 Å². The topological polar surface area (TPSA) is 34.1 Å². The third kappa shape index (κ3) is 5.56. The summed E-state index contributed by atoms with van der Waals surface area (Å²) in [4.78, 5) is 21.3. The lowest BCUT2D eigenvalue weighted by molar-refractivity contribution is -0.132. The molecule has 76 valence electrons. The van der Waals surface area contributed by atoms with Crippen molar-refractivity contribution in [3.63, 3.8) is 0 Å². The molecule has 0 aromatic carbocycles. The van der Waals surface area contributed by atoms with Gasteiger partial charge in [-0.05, 0) is 12.8 Å². The highest BCUT2D eigenvalue weighted by atomic mass is 16.2. The molecular formula is C11H20O2. The molecule has 13 heavy (non-hydrogen) atoms. The van der Waals surface area contributed by atoms with Crippen molar-refractivity contribution in [2.24, 2.45) is 5.92 Å². The number of ketones is 1. The molecule has 0 bridgehead atoms. The van der Waals surface area contributed by atoms with Gasteiger partial charge >= 0.3 is 0 Å². The molecule has 0 N–H and O–H groups in total. The molecule has 0 aliphatic carbocycles. The number of hydrogen-bond donors (Lipinski definition) is 0. The van der Waals surface area contributed by atoms with Crippen LogP contribution in [0.15, 0.2) is 0 Å². The first-order valence-electron chi connectivity index (χ1n) is 5.25. The summed E-state index contributed by atoms with van der Waals surface area (Å²) >= 11 is 0. The third-order valence-corrected chi connectivity index (χ3v) is 2.42. The summed E-state index contributed by atoms with van der Waals surface area (Å²) in [6.45, 7) is 4.12. The Morgan fingerprint density at radius 3 is 2.38 bits per heavy atom. The molecule has 0 rings (SSSR count). The fourth-order valence-corrected chi connectivity index (χ4v) is 1.46. The van der Waals surface area contributed by atoms with E-state index in [9.17, 15) is 9.59 Å². The molecule has 0 amide bonds. The molecule has 0 fully saturated rings. The van der Waals surface area contributed by atoms with Crippen LogP contribution in [-0.4, -0.2) is 12.1 Å². The van der Waals surface area contributed by atoms with Crippen molar-refractivity contribution in [3.05, 3.63) is 0 Å². The van der Waals surface area contributed by atoms with E-state index < -0.39 is 0 Å². The highest BCUT2D eigenvalue weighted by Gasteiger charge is 2.14. The molecule has 0 heterocycles. The number of aldehydes is 1. The van der Waals surface area contributed by atoms with E-state index in [4.69, 9.17) is 0 Å². The normalized spacial score (nSPS) is 12.5. The molecule has 0 saturated carbocycles. The Hall–Kier alpha value is -0.660. The van der Waals surface area contributed by atoms with Gasteiger partial charge in [0, 0.05) is 5.92 Å². The second-order valence-electron chi connectivity index (χ2n) is 3.47. The van der Waals surface area contributed by atoms with Gasteiger partial charge in [0.25, 0.3) is 0 Å². The molecule has 0 radical (unpaired) electrons. The Bertz CT molecular complexity index is 152. The van der Waals surface area contributed by atoms with Crippen LogP contribution in [0.25, 0.3) is 0 Å². The van der Waals surface area contributed by atoms with E-state index in [2.05, 4.69) is 6.92 Å². The fourth-order valence-electron chi connectivity index (χ4n) is 1.46. The zero-order valence-electron chi connectivity index (χ0n) is 8.71. The maximum absolute atomic E-state index is 11.0. The van der Waals surface area contributed by atoms with E-state index in [0.717, 1.165) is 19.3 Å². The highest BCUT2D eigenvalue weighted by Crippen LogP contribution is 2.14. The van der Waals surface area contributed by atoms with Gasteiger partial charge in [-0.25, -0.2) is 0 Å². The Labute approximate surface area is 80.7 Å². The first kappa shape index (κ1) is 12.3. The van der Waals surface area contributed by atoms with E-state index >= 15 is 0 Å². The number of Topliss-reactive ketones (excluding diaryl/α,β-unsaturated/α-hetero) is 1. The lowest BCUT2D eigenvalue weighted by Gasteiger charge is -2.08. The summed E-state index contributed by atoms with van der Waals surface area (Å²) < 4.78 is 0. The van der Waals surface area contributed by atoms with Crippen molar-refractivity contribution in [1.29, 1.82) is 0 Å². The Morgan fingerprint density at radius 1 is 1.23 bits per heavy atom. The molecule has 0 saturated heterocycles. The molecule has 0 spiro atoms. The predicted octanol–water partition coefficient (Wildman–Crippen LogP) is 2.75. The summed E-state index contributed by atoms with van der Waals surface area (Å²) in [6, 6.07) is 0. The maximum atomic E-state index is 11.0. The molecule has 0 aliphatic rings. The van der Waals surface area contributed by atoms with Gasteiger partial charge in [0.05, 0.1) is 0 Å². The Kier molecular flexibility index (Phi) is 7.56. The van der Waals surface area contributed by atoms with Crippen molar-refractivity contribution in [1.82, 2.24) is 0 Å². The van der Waals surface area contributed by atoms with Gasteiger partial charge in [0.2, 0.25) is 0 Å². The lowest BCUT2D eigenvalue weighted by Crippen LogP contribution is -2.14. The van der Waals surface area contributed by atoms with Crippen LogP contribution in [0.3, 0.4) is 0 Å². The quantitative estimate of drug-likeness (QED) is 0.330. The molecule has 2 nitrogen and oxygen atoms in total. The van der Waals surface area contributed by atoms with Crippen molar-refractivity contribution in [3.8, 4) is 0 Å². The SMILES string of the molecule is CCCCCCC(CC)C(=O)C=O. The van der Waals surface area contributed by atoms with Crippen LogP contribution < -0.4 is 0 Å². The van der Waals surface area contributed by atoms with Crippen LogP contribution in [0.4, 0.5) is 0 Å². The minimum Gasteiger partial charge on any atom is -0.295 e. The van der Waals surface area contributed by atoms with Crippen LogP contribution in [0.2, 0.25) is 0 Å². The molecule has 0 aliphatic heterocycles. The number of rotatable bonds is 8. The lowest BCUT2D eigenvalue weighted by atomic mass is 9.95. The number of carbonyl (C=O) groups excluding carboxylic acids is 2. The van der Waals surface area contributed by atoms with Gasteiger partial charge in [0.15, 0.2) is 12.1 Å². The monoisotopic (exact) mass is 184 g/mol. The van der Waals surface area contributed by atoms with Gasteiger partial charge in [-0.3, -0.25) is 9.59 Å².